The van der Waals surface area contributed by atoms with Gasteiger partial charge >= 0.3 is 0 Å². The lowest BCUT2D eigenvalue weighted by molar-refractivity contribution is 0.386. The predicted octanol–water partition coefficient (Wildman–Crippen LogP) is 2.05. The number of nitrogens with zero attached hydrogens (tertiary/aromatic N) is 4. The van der Waals surface area contributed by atoms with Crippen molar-refractivity contribution in [1.29, 1.82) is 0 Å². The summed E-state index contributed by atoms with van der Waals surface area (Å²) in [5, 5.41) is 12.0. The Labute approximate surface area is 106 Å². The number of hydrogen-bond donors (Lipinski definition) is 1. The van der Waals surface area contributed by atoms with Crippen LogP contribution in [0.5, 0.6) is 0 Å². The van der Waals surface area contributed by atoms with Crippen molar-refractivity contribution in [3.8, 4) is 11.6 Å². The molecular formula is C10H9N5O2S. The highest BCUT2D eigenvalue weighted by Gasteiger charge is 2.11. The van der Waals surface area contributed by atoms with Crippen molar-refractivity contribution in [2.45, 2.75) is 17.9 Å². The van der Waals surface area contributed by atoms with Crippen LogP contribution in [0, 0.1) is 6.92 Å². The highest BCUT2D eigenvalue weighted by molar-refractivity contribution is 7.98. The minimum absolute atomic E-state index is 0.462. The minimum Gasteiger partial charge on any atom is -0.410 e. The first kappa shape index (κ1) is 11.0. The molecule has 0 radical (unpaired) electrons. The number of H-pyrrole nitrogens is 1. The van der Waals surface area contributed by atoms with Crippen molar-refractivity contribution in [2.24, 2.45) is 0 Å². The molecule has 0 aliphatic heterocycles. The maximum absolute atomic E-state index is 5.48. The van der Waals surface area contributed by atoms with E-state index in [1.165, 1.54) is 11.8 Å². The van der Waals surface area contributed by atoms with Crippen LogP contribution < -0.4 is 0 Å². The number of thioether (sulfide) groups is 1. The van der Waals surface area contributed by atoms with Gasteiger partial charge in [0.15, 0.2) is 5.82 Å². The number of rotatable bonds is 4. The van der Waals surface area contributed by atoms with Gasteiger partial charge in [0.05, 0.1) is 5.75 Å². The summed E-state index contributed by atoms with van der Waals surface area (Å²) >= 11 is 1.35. The molecule has 8 heteroatoms. The molecule has 3 rings (SSSR count). The summed E-state index contributed by atoms with van der Waals surface area (Å²) in [6.07, 6.45) is 1.80. The molecule has 1 N–H and O–H groups in total. The maximum atomic E-state index is 5.48. The number of aromatic amines is 1. The minimum atomic E-state index is 0.462. The van der Waals surface area contributed by atoms with Gasteiger partial charge in [-0.25, -0.2) is 0 Å². The topological polar surface area (TPSA) is 93.6 Å². The van der Waals surface area contributed by atoms with Crippen LogP contribution in [-0.2, 0) is 5.75 Å². The summed E-state index contributed by atoms with van der Waals surface area (Å²) in [6.45, 7) is 1.77. The van der Waals surface area contributed by atoms with Crippen LogP contribution in [0.25, 0.3) is 11.6 Å². The third kappa shape index (κ3) is 2.28. The standard InChI is InChI=1S/C10H9N5O2S/c1-6-12-8(17-15-6)5-18-10-14-13-9(16-10)7-3-2-4-11-7/h2-4,11H,5H2,1H3. The van der Waals surface area contributed by atoms with Crippen molar-refractivity contribution in [3.63, 3.8) is 0 Å². The molecule has 3 aromatic heterocycles. The number of aromatic nitrogens is 5. The molecule has 0 spiro atoms. The molecule has 0 fully saturated rings. The zero-order chi connectivity index (χ0) is 12.4. The first-order chi connectivity index (χ1) is 8.81. The second-order valence-electron chi connectivity index (χ2n) is 3.48. The van der Waals surface area contributed by atoms with E-state index in [0.717, 1.165) is 5.69 Å². The molecule has 3 heterocycles. The Balaban J connectivity index is 1.67. The Kier molecular flexibility index (Phi) is 2.85. The molecule has 0 unspecified atom stereocenters. The van der Waals surface area contributed by atoms with Gasteiger partial charge in [0, 0.05) is 6.20 Å². The van der Waals surface area contributed by atoms with Crippen molar-refractivity contribution in [2.75, 3.05) is 0 Å². The van der Waals surface area contributed by atoms with Gasteiger partial charge in [-0.15, -0.1) is 10.2 Å². The summed E-state index contributed by atoms with van der Waals surface area (Å²) in [4.78, 5) is 7.09. The monoisotopic (exact) mass is 263 g/mol. The highest BCUT2D eigenvalue weighted by atomic mass is 32.2. The molecule has 0 atom stereocenters. The van der Waals surface area contributed by atoms with Crippen LogP contribution >= 0.6 is 11.8 Å². The van der Waals surface area contributed by atoms with E-state index in [1.54, 1.807) is 13.1 Å². The van der Waals surface area contributed by atoms with Gasteiger partial charge in [-0.1, -0.05) is 16.9 Å². The van der Waals surface area contributed by atoms with E-state index < -0.39 is 0 Å². The van der Waals surface area contributed by atoms with Gasteiger partial charge < -0.3 is 13.9 Å². The van der Waals surface area contributed by atoms with Gasteiger partial charge in [-0.05, 0) is 19.1 Å². The van der Waals surface area contributed by atoms with Crippen LogP contribution in [0.4, 0.5) is 0 Å². The molecule has 0 aliphatic carbocycles. The molecule has 0 aromatic carbocycles. The fourth-order valence-corrected chi connectivity index (χ4v) is 1.96. The molecule has 0 saturated carbocycles. The summed E-state index contributed by atoms with van der Waals surface area (Å²) in [5.41, 5.74) is 0.794. The first-order valence-corrected chi connectivity index (χ1v) is 6.19. The van der Waals surface area contributed by atoms with E-state index in [9.17, 15) is 0 Å². The van der Waals surface area contributed by atoms with Crippen molar-refractivity contribution in [3.05, 3.63) is 30.0 Å². The molecule has 0 amide bonds. The van der Waals surface area contributed by atoms with Crippen LogP contribution in [0.2, 0.25) is 0 Å². The molecule has 0 saturated heterocycles. The Morgan fingerprint density at radius 3 is 3.06 bits per heavy atom. The van der Waals surface area contributed by atoms with Crippen LogP contribution in [0.1, 0.15) is 11.7 Å². The van der Waals surface area contributed by atoms with E-state index >= 15 is 0 Å². The zero-order valence-electron chi connectivity index (χ0n) is 9.45. The molecule has 0 aliphatic rings. The van der Waals surface area contributed by atoms with E-state index in [4.69, 9.17) is 8.94 Å². The summed E-state index contributed by atoms with van der Waals surface area (Å²) in [5.74, 6) is 2.12. The van der Waals surface area contributed by atoms with Gasteiger partial charge in [0.25, 0.3) is 11.1 Å². The SMILES string of the molecule is Cc1noc(CSc2nnc(-c3ccc[nH]3)o2)n1. The van der Waals surface area contributed by atoms with Gasteiger partial charge in [-0.3, -0.25) is 0 Å². The summed E-state index contributed by atoms with van der Waals surface area (Å²) < 4.78 is 10.5. The second kappa shape index (κ2) is 4.65. The van der Waals surface area contributed by atoms with Gasteiger partial charge in [0.2, 0.25) is 5.89 Å². The molecule has 92 valence electrons. The first-order valence-electron chi connectivity index (χ1n) is 5.20. The lowest BCUT2D eigenvalue weighted by Gasteiger charge is -1.89. The Bertz CT molecular complexity index is 630. The smallest absolute Gasteiger partial charge is 0.277 e. The van der Waals surface area contributed by atoms with Crippen LogP contribution in [-0.4, -0.2) is 25.3 Å². The van der Waals surface area contributed by atoms with E-state index in [-0.39, 0.29) is 0 Å². The quantitative estimate of drug-likeness (QED) is 0.720. The Morgan fingerprint density at radius 1 is 1.39 bits per heavy atom. The van der Waals surface area contributed by atoms with Crippen molar-refractivity contribution in [1.82, 2.24) is 25.3 Å². The van der Waals surface area contributed by atoms with Crippen LogP contribution in [0.15, 0.2) is 32.5 Å². The summed E-state index contributed by atoms with van der Waals surface area (Å²) in [6, 6.07) is 3.73. The molecule has 3 aromatic rings. The maximum Gasteiger partial charge on any atom is 0.277 e. The van der Waals surface area contributed by atoms with Gasteiger partial charge in [0.1, 0.15) is 5.69 Å². The van der Waals surface area contributed by atoms with E-state index in [1.807, 2.05) is 12.1 Å². The Morgan fingerprint density at radius 2 is 2.33 bits per heavy atom. The van der Waals surface area contributed by atoms with E-state index in [0.29, 0.717) is 28.6 Å². The van der Waals surface area contributed by atoms with Crippen LogP contribution in [0.3, 0.4) is 0 Å². The average Bonchev–Trinajstić information content (AvgIpc) is 3.07. The average molecular weight is 263 g/mol. The fourth-order valence-electron chi connectivity index (χ4n) is 1.36. The largest absolute Gasteiger partial charge is 0.410 e. The van der Waals surface area contributed by atoms with E-state index in [2.05, 4.69) is 25.3 Å². The number of hydrogen-bond acceptors (Lipinski definition) is 7. The highest BCUT2D eigenvalue weighted by Crippen LogP contribution is 2.24. The molecular weight excluding hydrogens is 254 g/mol. The number of aryl methyl sites for hydroxylation is 1. The van der Waals surface area contributed by atoms with Crippen molar-refractivity contribution >= 4 is 11.8 Å². The Hall–Kier alpha value is -2.09. The third-order valence-electron chi connectivity index (χ3n) is 2.12. The molecule has 7 nitrogen and oxygen atoms in total. The molecule has 0 bridgehead atoms. The number of nitrogens with one attached hydrogen (secondary N) is 1. The zero-order valence-corrected chi connectivity index (χ0v) is 10.3. The fraction of sp³-hybridized carbons (Fsp3) is 0.200. The van der Waals surface area contributed by atoms with Gasteiger partial charge in [-0.2, -0.15) is 4.98 Å². The third-order valence-corrected chi connectivity index (χ3v) is 2.93. The summed E-state index contributed by atoms with van der Waals surface area (Å²) in [7, 11) is 0. The predicted molar refractivity (Wildman–Crippen MR) is 62.7 cm³/mol. The normalized spacial score (nSPS) is 10.9. The molecule has 18 heavy (non-hydrogen) atoms. The lowest BCUT2D eigenvalue weighted by atomic mass is 10.4. The second-order valence-corrected chi connectivity index (χ2v) is 4.41. The van der Waals surface area contributed by atoms with Crippen molar-refractivity contribution < 1.29 is 8.94 Å². The lowest BCUT2D eigenvalue weighted by Crippen LogP contribution is -1.80.